The minimum absolute atomic E-state index is 0.357. The van der Waals surface area contributed by atoms with Gasteiger partial charge in [0.2, 0.25) is 5.23 Å². The summed E-state index contributed by atoms with van der Waals surface area (Å²) >= 11 is 1.49. The Hall–Kier alpha value is -0.180. The van der Waals surface area contributed by atoms with Crippen LogP contribution in [0.5, 0.6) is 0 Å². The molecule has 0 saturated heterocycles. The average molecular weight is 161 g/mol. The van der Waals surface area contributed by atoms with Gasteiger partial charge < -0.3 is 4.74 Å². The maximum Gasteiger partial charge on any atom is 0.242 e. The molecule has 0 aromatic heterocycles. The molecule has 0 aliphatic heterocycles. The zero-order valence-corrected chi connectivity index (χ0v) is 7.46. The molecule has 0 atom stereocenters. The largest absolute Gasteiger partial charge is 0.474 e. The number of thioether (sulfide) groups is 1. The van der Waals surface area contributed by atoms with Gasteiger partial charge in [0.05, 0.1) is 6.61 Å². The molecule has 0 unspecified atom stereocenters. The third kappa shape index (κ3) is 5.95. The molecule has 0 radical (unpaired) electrons. The molecule has 3 heteroatoms. The normalized spacial score (nSPS) is 9.40. The Balaban J connectivity index is 3.05. The van der Waals surface area contributed by atoms with Crippen LogP contribution in [-0.4, -0.2) is 17.6 Å². The van der Waals surface area contributed by atoms with E-state index in [1.54, 1.807) is 0 Å². The second-order valence-electron chi connectivity index (χ2n) is 1.92. The lowest BCUT2D eigenvalue weighted by molar-refractivity contribution is 0.335. The summed E-state index contributed by atoms with van der Waals surface area (Å²) in [5, 5.41) is 7.57. The molecule has 2 nitrogen and oxygen atoms in total. The van der Waals surface area contributed by atoms with Crippen molar-refractivity contribution < 1.29 is 4.74 Å². The van der Waals surface area contributed by atoms with Crippen LogP contribution in [-0.2, 0) is 4.74 Å². The molecule has 0 aliphatic carbocycles. The Morgan fingerprint density at radius 3 is 2.70 bits per heavy atom. The molecule has 0 aliphatic rings. The molecule has 0 spiro atoms. The van der Waals surface area contributed by atoms with E-state index in [1.165, 1.54) is 24.6 Å². The number of hydrogen-bond donors (Lipinski definition) is 1. The Bertz CT molecular complexity index is 95.6. The van der Waals surface area contributed by atoms with E-state index in [-0.39, 0.29) is 0 Å². The van der Waals surface area contributed by atoms with Gasteiger partial charge in [-0.2, -0.15) is 0 Å². The number of unbranched alkanes of at least 4 members (excludes halogenated alkanes) is 1. The molecule has 0 amide bonds. The van der Waals surface area contributed by atoms with Crippen LogP contribution in [0.15, 0.2) is 0 Å². The molecular weight excluding hydrogens is 146 g/mol. The summed E-state index contributed by atoms with van der Waals surface area (Å²) in [5.74, 6) is 1.01. The monoisotopic (exact) mass is 161 g/mol. The Morgan fingerprint density at radius 1 is 1.50 bits per heavy atom. The molecule has 0 aromatic carbocycles. The second-order valence-corrected chi connectivity index (χ2v) is 2.99. The smallest absolute Gasteiger partial charge is 0.242 e. The molecule has 60 valence electrons. The molecule has 0 saturated carbocycles. The Kier molecular flexibility index (Phi) is 6.81. The molecule has 0 heterocycles. The van der Waals surface area contributed by atoms with Crippen molar-refractivity contribution in [2.24, 2.45) is 0 Å². The van der Waals surface area contributed by atoms with Crippen LogP contribution in [0.1, 0.15) is 26.7 Å². The first kappa shape index (κ1) is 9.82. The highest BCUT2D eigenvalue weighted by atomic mass is 32.2. The molecule has 0 aromatic rings. The van der Waals surface area contributed by atoms with E-state index in [1.807, 2.05) is 6.92 Å². The van der Waals surface area contributed by atoms with Gasteiger partial charge in [-0.1, -0.05) is 25.1 Å². The molecule has 0 fully saturated rings. The third-order valence-electron chi connectivity index (χ3n) is 1.01. The van der Waals surface area contributed by atoms with E-state index >= 15 is 0 Å². The zero-order valence-electron chi connectivity index (χ0n) is 6.64. The van der Waals surface area contributed by atoms with Gasteiger partial charge in [-0.15, -0.1) is 0 Å². The van der Waals surface area contributed by atoms with Crippen molar-refractivity contribution in [2.75, 3.05) is 12.4 Å². The Morgan fingerprint density at radius 2 is 2.20 bits per heavy atom. The fourth-order valence-electron chi connectivity index (χ4n) is 0.482. The Labute approximate surface area is 66.9 Å². The van der Waals surface area contributed by atoms with E-state index in [0.29, 0.717) is 11.8 Å². The van der Waals surface area contributed by atoms with Crippen LogP contribution in [0.2, 0.25) is 0 Å². The quantitative estimate of drug-likeness (QED) is 0.390. The predicted octanol–water partition coefficient (Wildman–Crippen LogP) is 2.49. The number of hydrogen-bond acceptors (Lipinski definition) is 3. The number of ether oxygens (including phenoxy) is 1. The van der Waals surface area contributed by atoms with Crippen LogP contribution in [0.3, 0.4) is 0 Å². The fraction of sp³-hybridized carbons (Fsp3) is 0.857. The first-order valence-electron chi connectivity index (χ1n) is 3.65. The van der Waals surface area contributed by atoms with E-state index in [4.69, 9.17) is 10.1 Å². The van der Waals surface area contributed by atoms with Crippen LogP contribution < -0.4 is 0 Å². The van der Waals surface area contributed by atoms with Crippen molar-refractivity contribution in [1.82, 2.24) is 0 Å². The van der Waals surface area contributed by atoms with Crippen molar-refractivity contribution in [1.29, 1.82) is 5.41 Å². The maximum absolute atomic E-state index is 7.21. The molecule has 0 rings (SSSR count). The molecular formula is C7H15NOS. The number of nitrogens with one attached hydrogen (secondary N) is 1. The molecule has 10 heavy (non-hydrogen) atoms. The van der Waals surface area contributed by atoms with Crippen molar-refractivity contribution >= 4 is 17.0 Å². The third-order valence-corrected chi connectivity index (χ3v) is 1.88. The maximum atomic E-state index is 7.21. The van der Waals surface area contributed by atoms with Crippen molar-refractivity contribution in [3.63, 3.8) is 0 Å². The summed E-state index contributed by atoms with van der Waals surface area (Å²) in [7, 11) is 0. The lowest BCUT2D eigenvalue weighted by Gasteiger charge is -2.01. The topological polar surface area (TPSA) is 33.1 Å². The standard InChI is InChI=1S/C7H15NOS/c1-3-5-6-10-7(8)9-4-2/h8H,3-6H2,1-2H3. The lowest BCUT2D eigenvalue weighted by atomic mass is 10.4. The first-order valence-corrected chi connectivity index (χ1v) is 4.64. The van der Waals surface area contributed by atoms with Gasteiger partial charge in [0.15, 0.2) is 0 Å². The predicted molar refractivity (Wildman–Crippen MR) is 46.7 cm³/mol. The van der Waals surface area contributed by atoms with Gasteiger partial charge in [-0.05, 0) is 13.3 Å². The summed E-state index contributed by atoms with van der Waals surface area (Å²) in [6.07, 6.45) is 2.35. The van der Waals surface area contributed by atoms with Gasteiger partial charge in [0, 0.05) is 5.75 Å². The minimum atomic E-state index is 0.357. The van der Waals surface area contributed by atoms with E-state index < -0.39 is 0 Å². The van der Waals surface area contributed by atoms with Crippen molar-refractivity contribution in [3.8, 4) is 0 Å². The van der Waals surface area contributed by atoms with Crippen LogP contribution in [0.4, 0.5) is 0 Å². The van der Waals surface area contributed by atoms with E-state index in [2.05, 4.69) is 6.92 Å². The highest BCUT2D eigenvalue weighted by Gasteiger charge is 1.94. The van der Waals surface area contributed by atoms with Crippen LogP contribution in [0, 0.1) is 5.41 Å². The van der Waals surface area contributed by atoms with Gasteiger partial charge in [0.25, 0.3) is 0 Å². The fourth-order valence-corrected chi connectivity index (χ4v) is 1.30. The van der Waals surface area contributed by atoms with Gasteiger partial charge in [0.1, 0.15) is 0 Å². The molecule has 0 bridgehead atoms. The highest BCUT2D eigenvalue weighted by molar-refractivity contribution is 8.13. The van der Waals surface area contributed by atoms with Gasteiger partial charge >= 0.3 is 0 Å². The summed E-state index contributed by atoms with van der Waals surface area (Å²) in [4.78, 5) is 0. The lowest BCUT2D eigenvalue weighted by Crippen LogP contribution is -1.98. The first-order chi connectivity index (χ1) is 4.81. The summed E-state index contributed by atoms with van der Waals surface area (Å²) in [5.41, 5.74) is 0. The van der Waals surface area contributed by atoms with E-state index in [9.17, 15) is 0 Å². The van der Waals surface area contributed by atoms with Gasteiger partial charge in [-0.3, -0.25) is 5.41 Å². The summed E-state index contributed by atoms with van der Waals surface area (Å²) < 4.78 is 4.93. The van der Waals surface area contributed by atoms with E-state index in [0.717, 1.165) is 5.75 Å². The zero-order chi connectivity index (χ0) is 7.82. The number of rotatable bonds is 4. The van der Waals surface area contributed by atoms with Crippen LogP contribution >= 0.6 is 11.8 Å². The van der Waals surface area contributed by atoms with Crippen molar-refractivity contribution in [3.05, 3.63) is 0 Å². The second kappa shape index (κ2) is 6.93. The molecule has 1 N–H and O–H groups in total. The van der Waals surface area contributed by atoms with Crippen molar-refractivity contribution in [2.45, 2.75) is 26.7 Å². The summed E-state index contributed by atoms with van der Waals surface area (Å²) in [6.45, 7) is 4.65. The summed E-state index contributed by atoms with van der Waals surface area (Å²) in [6, 6.07) is 0. The van der Waals surface area contributed by atoms with Gasteiger partial charge in [-0.25, -0.2) is 0 Å². The SMILES string of the molecule is CCCCSC(=N)OCC. The highest BCUT2D eigenvalue weighted by Crippen LogP contribution is 2.06. The van der Waals surface area contributed by atoms with Crippen LogP contribution in [0.25, 0.3) is 0 Å². The minimum Gasteiger partial charge on any atom is -0.474 e. The average Bonchev–Trinajstić information content (AvgIpc) is 1.89.